The Morgan fingerprint density at radius 1 is 1.50 bits per heavy atom. The molecule has 0 saturated heterocycles. The average molecular weight is 303 g/mol. The van der Waals surface area contributed by atoms with Crippen LogP contribution >= 0.6 is 34.2 Å². The zero-order chi connectivity index (χ0) is 9.52. The first-order chi connectivity index (χ1) is 5.34. The van der Waals surface area contributed by atoms with Crippen LogP contribution in [0.25, 0.3) is 0 Å². The van der Waals surface area contributed by atoms with Crippen LogP contribution in [-0.2, 0) is 5.54 Å². The van der Waals surface area contributed by atoms with Gasteiger partial charge in [-0.3, -0.25) is 0 Å². The predicted molar refractivity (Wildman–Crippen MR) is 54.9 cm³/mol. The van der Waals surface area contributed by atoms with Crippen molar-refractivity contribution in [1.82, 2.24) is 9.78 Å². The Bertz CT molecular complexity index is 303. The molecule has 0 fully saturated rings. The molecule has 2 nitrogen and oxygen atoms in total. The average Bonchev–Trinajstić information content (AvgIpc) is 2.15. The fraction of sp³-hybridized carbons (Fsp3) is 0.571. The maximum absolute atomic E-state index is 13.1. The summed E-state index contributed by atoms with van der Waals surface area (Å²) in [6.07, 6.45) is 0. The van der Waals surface area contributed by atoms with Gasteiger partial charge in [0.15, 0.2) is 11.0 Å². The van der Waals surface area contributed by atoms with Gasteiger partial charge in [-0.25, -0.2) is 9.07 Å². The highest BCUT2D eigenvalue weighted by Crippen LogP contribution is 2.24. The smallest absolute Gasteiger partial charge is 0.193 e. The number of aromatic nitrogens is 2. The minimum absolute atomic E-state index is 0.0608. The number of rotatable bonds is 0. The van der Waals surface area contributed by atoms with Crippen molar-refractivity contribution < 1.29 is 4.39 Å². The van der Waals surface area contributed by atoms with Gasteiger partial charge in [0.05, 0.1) is 5.54 Å². The van der Waals surface area contributed by atoms with E-state index in [0.717, 1.165) is 0 Å². The van der Waals surface area contributed by atoms with Crippen molar-refractivity contribution >= 4 is 34.2 Å². The van der Waals surface area contributed by atoms with E-state index in [4.69, 9.17) is 11.6 Å². The van der Waals surface area contributed by atoms with Gasteiger partial charge in [-0.15, -0.1) is 0 Å². The lowest BCUT2D eigenvalue weighted by Gasteiger charge is -2.19. The first kappa shape index (κ1) is 10.2. The van der Waals surface area contributed by atoms with Crippen molar-refractivity contribution in [3.8, 4) is 0 Å². The summed E-state index contributed by atoms with van der Waals surface area (Å²) in [5.74, 6) is -0.438. The lowest BCUT2D eigenvalue weighted by Crippen LogP contribution is -2.24. The van der Waals surface area contributed by atoms with E-state index in [9.17, 15) is 4.39 Å². The molecule has 0 spiro atoms. The summed E-state index contributed by atoms with van der Waals surface area (Å²) in [5.41, 5.74) is -0.232. The number of halogens is 3. The maximum atomic E-state index is 13.1. The summed E-state index contributed by atoms with van der Waals surface area (Å²) in [6.45, 7) is 5.83. The van der Waals surface area contributed by atoms with Crippen LogP contribution in [0.5, 0.6) is 0 Å². The Morgan fingerprint density at radius 2 is 2.00 bits per heavy atom. The van der Waals surface area contributed by atoms with E-state index in [0.29, 0.717) is 3.70 Å². The normalized spacial score (nSPS) is 12.2. The molecule has 0 amide bonds. The van der Waals surface area contributed by atoms with Gasteiger partial charge in [-0.05, 0) is 43.4 Å². The second-order valence-corrected chi connectivity index (χ2v) is 4.86. The van der Waals surface area contributed by atoms with E-state index in [1.165, 1.54) is 0 Å². The minimum atomic E-state index is -0.438. The van der Waals surface area contributed by atoms with E-state index >= 15 is 0 Å². The standard InChI is InChI=1S/C7H9ClFIN2/c1-7(2,3)12-6(10)4(9)5(8)11-12/h1-3H3. The summed E-state index contributed by atoms with van der Waals surface area (Å²) in [5, 5.41) is 3.82. The molecule has 1 heterocycles. The number of hydrogen-bond donors (Lipinski definition) is 0. The maximum Gasteiger partial charge on any atom is 0.193 e. The highest BCUT2D eigenvalue weighted by atomic mass is 127. The zero-order valence-electron chi connectivity index (χ0n) is 7.03. The molecule has 1 aromatic heterocycles. The van der Waals surface area contributed by atoms with E-state index in [1.54, 1.807) is 4.68 Å². The van der Waals surface area contributed by atoms with Gasteiger partial charge in [0.2, 0.25) is 0 Å². The van der Waals surface area contributed by atoms with Crippen molar-refractivity contribution in [1.29, 1.82) is 0 Å². The molecular formula is C7H9ClFIN2. The topological polar surface area (TPSA) is 17.8 Å². The fourth-order valence-corrected chi connectivity index (χ4v) is 2.21. The van der Waals surface area contributed by atoms with Crippen LogP contribution in [0.4, 0.5) is 4.39 Å². The summed E-state index contributed by atoms with van der Waals surface area (Å²) >= 11 is 7.42. The van der Waals surface area contributed by atoms with Gasteiger partial charge in [-0.1, -0.05) is 11.6 Å². The summed E-state index contributed by atoms with van der Waals surface area (Å²) in [7, 11) is 0. The lowest BCUT2D eigenvalue weighted by atomic mass is 10.1. The van der Waals surface area contributed by atoms with Gasteiger partial charge in [-0.2, -0.15) is 5.10 Å². The number of nitrogens with zero attached hydrogens (tertiary/aromatic N) is 2. The monoisotopic (exact) mass is 302 g/mol. The Labute approximate surface area is 89.2 Å². The molecule has 0 aliphatic carbocycles. The molecule has 0 N–H and O–H groups in total. The quantitative estimate of drug-likeness (QED) is 0.674. The molecule has 0 aliphatic heterocycles. The zero-order valence-corrected chi connectivity index (χ0v) is 9.94. The molecular weight excluding hydrogens is 293 g/mol. The van der Waals surface area contributed by atoms with Gasteiger partial charge < -0.3 is 0 Å². The van der Waals surface area contributed by atoms with Gasteiger partial charge in [0.1, 0.15) is 3.70 Å². The molecule has 0 bridgehead atoms. The molecule has 12 heavy (non-hydrogen) atoms. The highest BCUT2D eigenvalue weighted by molar-refractivity contribution is 14.1. The van der Waals surface area contributed by atoms with E-state index in [1.807, 2.05) is 43.4 Å². The van der Waals surface area contributed by atoms with Crippen LogP contribution in [-0.4, -0.2) is 9.78 Å². The number of hydrogen-bond acceptors (Lipinski definition) is 1. The first-order valence-electron chi connectivity index (χ1n) is 3.44. The molecule has 0 unspecified atom stereocenters. The van der Waals surface area contributed by atoms with Crippen LogP contribution in [0.1, 0.15) is 20.8 Å². The molecule has 68 valence electrons. The molecule has 0 radical (unpaired) electrons. The third kappa shape index (κ3) is 1.74. The third-order valence-electron chi connectivity index (χ3n) is 1.37. The van der Waals surface area contributed by atoms with Crippen LogP contribution in [0.15, 0.2) is 0 Å². The summed E-state index contributed by atoms with van der Waals surface area (Å²) in [4.78, 5) is 0. The Hall–Kier alpha value is 0.160. The van der Waals surface area contributed by atoms with Gasteiger partial charge in [0, 0.05) is 0 Å². The second-order valence-electron chi connectivity index (χ2n) is 3.48. The molecule has 0 aromatic carbocycles. The van der Waals surface area contributed by atoms with Gasteiger partial charge in [0.25, 0.3) is 0 Å². The summed E-state index contributed by atoms with van der Waals surface area (Å²) in [6, 6.07) is 0. The molecule has 0 aliphatic rings. The van der Waals surface area contributed by atoms with Crippen LogP contribution in [0, 0.1) is 9.52 Å². The minimum Gasteiger partial charge on any atom is -0.249 e. The molecule has 5 heteroatoms. The highest BCUT2D eigenvalue weighted by Gasteiger charge is 2.22. The SMILES string of the molecule is CC(C)(C)n1nc(Cl)c(F)c1I. The third-order valence-corrected chi connectivity index (χ3v) is 2.54. The largest absolute Gasteiger partial charge is 0.249 e. The Balaban J connectivity index is 3.28. The van der Waals surface area contributed by atoms with Crippen molar-refractivity contribution in [2.75, 3.05) is 0 Å². The first-order valence-corrected chi connectivity index (χ1v) is 4.89. The van der Waals surface area contributed by atoms with E-state index < -0.39 is 5.82 Å². The molecule has 1 aromatic rings. The predicted octanol–water partition coefficient (Wildman–Crippen LogP) is 3.04. The van der Waals surface area contributed by atoms with Gasteiger partial charge >= 0.3 is 0 Å². The van der Waals surface area contributed by atoms with Crippen LogP contribution in [0.3, 0.4) is 0 Å². The van der Waals surface area contributed by atoms with Crippen molar-refractivity contribution in [2.24, 2.45) is 0 Å². The summed E-state index contributed by atoms with van der Waals surface area (Å²) < 4.78 is 15.1. The fourth-order valence-electron chi connectivity index (χ4n) is 0.798. The van der Waals surface area contributed by atoms with Crippen LogP contribution in [0.2, 0.25) is 5.15 Å². The molecule has 0 atom stereocenters. The van der Waals surface area contributed by atoms with Crippen molar-refractivity contribution in [3.05, 3.63) is 14.7 Å². The van der Waals surface area contributed by atoms with Crippen LogP contribution < -0.4 is 0 Å². The van der Waals surface area contributed by atoms with E-state index in [-0.39, 0.29) is 10.7 Å². The van der Waals surface area contributed by atoms with E-state index in [2.05, 4.69) is 5.10 Å². The Morgan fingerprint density at radius 3 is 2.17 bits per heavy atom. The second kappa shape index (κ2) is 3.14. The van der Waals surface area contributed by atoms with Crippen molar-refractivity contribution in [3.63, 3.8) is 0 Å². The molecule has 1 rings (SSSR count). The molecule has 0 saturated carbocycles. The lowest BCUT2D eigenvalue weighted by molar-refractivity contribution is 0.345. The Kier molecular flexibility index (Phi) is 2.68. The van der Waals surface area contributed by atoms with Crippen molar-refractivity contribution in [2.45, 2.75) is 26.3 Å².